The lowest BCUT2D eigenvalue weighted by Crippen LogP contribution is -2.58. The number of piperidine rings is 1. The van der Waals surface area contributed by atoms with Crippen LogP contribution in [0.2, 0.25) is 0 Å². The van der Waals surface area contributed by atoms with Gasteiger partial charge in [0.15, 0.2) is 6.61 Å². The Morgan fingerprint density at radius 1 is 0.970 bits per heavy atom. The summed E-state index contributed by atoms with van der Waals surface area (Å²) in [5.74, 6) is 0.438. The van der Waals surface area contributed by atoms with Crippen LogP contribution in [0.3, 0.4) is 0 Å². The number of hydrogen-bond acceptors (Lipinski definition) is 4. The Hall–Kier alpha value is -3.09. The second-order valence-electron chi connectivity index (χ2n) is 9.17. The van der Waals surface area contributed by atoms with Gasteiger partial charge in [-0.15, -0.1) is 0 Å². The number of rotatable bonds is 1. The second kappa shape index (κ2) is 9.81. The van der Waals surface area contributed by atoms with Crippen molar-refractivity contribution < 1.29 is 14.3 Å². The highest BCUT2D eigenvalue weighted by molar-refractivity contribution is 5.94. The average Bonchev–Trinajstić information content (AvgIpc) is 2.82. The van der Waals surface area contributed by atoms with E-state index in [-0.39, 0.29) is 41.6 Å². The van der Waals surface area contributed by atoms with Gasteiger partial charge in [0, 0.05) is 26.3 Å². The highest BCUT2D eigenvalue weighted by Gasteiger charge is 2.38. The van der Waals surface area contributed by atoms with Crippen LogP contribution < -0.4 is 10.3 Å². The zero-order valence-corrected chi connectivity index (χ0v) is 19.8. The van der Waals surface area contributed by atoms with Gasteiger partial charge in [0.25, 0.3) is 17.4 Å². The fourth-order valence-corrected chi connectivity index (χ4v) is 5.08. The van der Waals surface area contributed by atoms with Crippen molar-refractivity contribution in [2.24, 2.45) is 7.05 Å². The Morgan fingerprint density at radius 2 is 1.73 bits per heavy atom. The molecule has 176 valence electrons. The molecule has 2 amide bonds. The molecule has 4 rings (SSSR count). The standard InChI is InChI=1S/C26H33N3O4/c1-18-14-15-20(25(31)27(18)2)26(32)29-16-8-12-21-22(29)11-6-4-9-19-10-5-7-13-23(19)33-17-24(30)28(21)3/h5,7,10,13-15,21-22H,4,6,8-9,11-12,16-17H2,1-3H3/t21-,22-/m1/s1. The third-order valence-electron chi connectivity index (χ3n) is 7.20. The van der Waals surface area contributed by atoms with E-state index >= 15 is 0 Å². The zero-order chi connectivity index (χ0) is 23.5. The van der Waals surface area contributed by atoms with Gasteiger partial charge >= 0.3 is 0 Å². The predicted octanol–water partition coefficient (Wildman–Crippen LogP) is 2.93. The van der Waals surface area contributed by atoms with Crippen LogP contribution in [0.5, 0.6) is 5.75 Å². The number of benzene rings is 1. The van der Waals surface area contributed by atoms with Crippen LogP contribution in [0.25, 0.3) is 0 Å². The number of carbonyl (C=O) groups is 2. The molecule has 1 aromatic heterocycles. The number of fused-ring (bicyclic) bond motifs is 2. The molecule has 33 heavy (non-hydrogen) atoms. The molecule has 3 heterocycles. The third kappa shape index (κ3) is 4.68. The van der Waals surface area contributed by atoms with Crippen molar-refractivity contribution in [1.29, 1.82) is 0 Å². The van der Waals surface area contributed by atoms with Gasteiger partial charge < -0.3 is 19.1 Å². The number of likely N-dealkylation sites (tertiary alicyclic amines) is 1. The normalized spacial score (nSPS) is 21.8. The minimum Gasteiger partial charge on any atom is -0.483 e. The summed E-state index contributed by atoms with van der Waals surface area (Å²) in [4.78, 5) is 43.0. The van der Waals surface area contributed by atoms with Gasteiger partial charge in [-0.25, -0.2) is 0 Å². The van der Waals surface area contributed by atoms with Crippen molar-refractivity contribution in [3.05, 3.63) is 63.6 Å². The van der Waals surface area contributed by atoms with Crippen molar-refractivity contribution in [2.75, 3.05) is 20.2 Å². The Morgan fingerprint density at radius 3 is 2.55 bits per heavy atom. The van der Waals surface area contributed by atoms with Gasteiger partial charge in [-0.2, -0.15) is 0 Å². The van der Waals surface area contributed by atoms with Gasteiger partial charge in [0.1, 0.15) is 11.3 Å². The highest BCUT2D eigenvalue weighted by atomic mass is 16.5. The number of pyridine rings is 1. The molecule has 1 saturated heterocycles. The fraction of sp³-hybridized carbons (Fsp3) is 0.500. The number of aromatic nitrogens is 1. The first-order chi connectivity index (χ1) is 15.9. The Kier molecular flexibility index (Phi) is 6.86. The summed E-state index contributed by atoms with van der Waals surface area (Å²) in [6.07, 6.45) is 5.18. The van der Waals surface area contributed by atoms with E-state index in [2.05, 4.69) is 0 Å². The maximum absolute atomic E-state index is 13.6. The molecular weight excluding hydrogens is 418 g/mol. The van der Waals surface area contributed by atoms with E-state index < -0.39 is 0 Å². The maximum Gasteiger partial charge on any atom is 0.263 e. The molecule has 7 heteroatoms. The quantitative estimate of drug-likeness (QED) is 0.668. The van der Waals surface area contributed by atoms with Crippen LogP contribution in [0.1, 0.15) is 53.7 Å². The van der Waals surface area contributed by atoms with Crippen LogP contribution in [-0.2, 0) is 18.3 Å². The fourth-order valence-electron chi connectivity index (χ4n) is 5.08. The van der Waals surface area contributed by atoms with E-state index in [1.165, 1.54) is 4.57 Å². The molecule has 2 aliphatic rings. The maximum atomic E-state index is 13.6. The molecule has 0 unspecified atom stereocenters. The zero-order valence-electron chi connectivity index (χ0n) is 19.8. The molecular formula is C26H33N3O4. The van der Waals surface area contributed by atoms with Crippen molar-refractivity contribution in [3.63, 3.8) is 0 Å². The molecule has 0 saturated carbocycles. The van der Waals surface area contributed by atoms with E-state index in [1.807, 2.05) is 42.2 Å². The second-order valence-corrected chi connectivity index (χ2v) is 9.17. The molecule has 7 nitrogen and oxygen atoms in total. The van der Waals surface area contributed by atoms with Crippen molar-refractivity contribution in [2.45, 2.75) is 57.5 Å². The summed E-state index contributed by atoms with van der Waals surface area (Å²) in [5.41, 5.74) is 1.83. The van der Waals surface area contributed by atoms with E-state index in [0.29, 0.717) is 6.54 Å². The number of amides is 2. The Labute approximate surface area is 194 Å². The number of aryl methyl sites for hydroxylation is 2. The van der Waals surface area contributed by atoms with Crippen LogP contribution >= 0.6 is 0 Å². The summed E-state index contributed by atoms with van der Waals surface area (Å²) in [5, 5.41) is 0. The average molecular weight is 452 g/mol. The van der Waals surface area contributed by atoms with E-state index in [9.17, 15) is 14.4 Å². The summed E-state index contributed by atoms with van der Waals surface area (Å²) in [7, 11) is 3.49. The highest BCUT2D eigenvalue weighted by Crippen LogP contribution is 2.29. The topological polar surface area (TPSA) is 71.8 Å². The van der Waals surface area contributed by atoms with E-state index in [0.717, 1.165) is 55.5 Å². The largest absolute Gasteiger partial charge is 0.483 e. The van der Waals surface area contributed by atoms with Crippen molar-refractivity contribution in [3.8, 4) is 5.75 Å². The smallest absolute Gasteiger partial charge is 0.263 e. The number of ether oxygens (including phenoxy) is 1. The molecule has 1 aromatic carbocycles. The van der Waals surface area contributed by atoms with Crippen molar-refractivity contribution >= 4 is 11.8 Å². The van der Waals surface area contributed by atoms with E-state index in [1.54, 1.807) is 25.1 Å². The van der Waals surface area contributed by atoms with Crippen LogP contribution in [0.4, 0.5) is 0 Å². The number of carbonyl (C=O) groups excluding carboxylic acids is 2. The predicted molar refractivity (Wildman–Crippen MR) is 127 cm³/mol. The van der Waals surface area contributed by atoms with Crippen molar-refractivity contribution in [1.82, 2.24) is 14.4 Å². The SMILES string of the molecule is Cc1ccc(C(=O)N2CCC[C@@H]3[C@H]2CCCCc2ccccc2OCC(=O)N3C)c(=O)n1C. The van der Waals surface area contributed by atoms with E-state index in [4.69, 9.17) is 4.74 Å². The molecule has 2 aliphatic heterocycles. The lowest BCUT2D eigenvalue weighted by molar-refractivity contribution is -0.136. The summed E-state index contributed by atoms with van der Waals surface area (Å²) in [6.45, 7) is 2.42. The summed E-state index contributed by atoms with van der Waals surface area (Å²) < 4.78 is 7.40. The minimum absolute atomic E-state index is 0.0246. The molecule has 0 spiro atoms. The van der Waals surface area contributed by atoms with Crippen LogP contribution in [-0.4, -0.2) is 58.5 Å². The van der Waals surface area contributed by atoms with Gasteiger partial charge in [0.05, 0.1) is 12.1 Å². The monoisotopic (exact) mass is 451 g/mol. The van der Waals surface area contributed by atoms with Gasteiger partial charge in [-0.05, 0) is 62.8 Å². The minimum atomic E-state index is -0.273. The number of para-hydroxylation sites is 1. The molecule has 2 aromatic rings. The number of nitrogens with zero attached hydrogens (tertiary/aromatic N) is 3. The summed E-state index contributed by atoms with van der Waals surface area (Å²) >= 11 is 0. The molecule has 1 fully saturated rings. The first-order valence-corrected chi connectivity index (χ1v) is 11.8. The number of likely N-dealkylation sites (N-methyl/N-ethyl adjacent to an activating group) is 1. The van der Waals surface area contributed by atoms with Gasteiger partial charge in [-0.1, -0.05) is 24.6 Å². The molecule has 0 N–H and O–H groups in total. The lowest BCUT2D eigenvalue weighted by Gasteiger charge is -2.45. The first-order valence-electron chi connectivity index (χ1n) is 11.8. The lowest BCUT2D eigenvalue weighted by atomic mass is 9.89. The Bertz CT molecular complexity index is 1090. The van der Waals surface area contributed by atoms with Crippen LogP contribution in [0, 0.1) is 6.92 Å². The third-order valence-corrected chi connectivity index (χ3v) is 7.20. The van der Waals surface area contributed by atoms with Crippen LogP contribution in [0.15, 0.2) is 41.2 Å². The first kappa shape index (κ1) is 23.1. The van der Waals surface area contributed by atoms with Gasteiger partial charge in [0.2, 0.25) is 0 Å². The van der Waals surface area contributed by atoms with Gasteiger partial charge in [-0.3, -0.25) is 14.4 Å². The molecule has 0 aliphatic carbocycles. The molecule has 0 bridgehead atoms. The number of hydrogen-bond donors (Lipinski definition) is 0. The molecule has 0 radical (unpaired) electrons. The summed E-state index contributed by atoms with van der Waals surface area (Å²) in [6, 6.07) is 11.1. The Balaban J connectivity index is 1.63. The molecule has 2 atom stereocenters.